The van der Waals surface area contributed by atoms with Gasteiger partial charge in [0.05, 0.1) is 18.8 Å². The second kappa shape index (κ2) is 17.3. The average molecular weight is 700 g/mol. The molecule has 10 heteroatoms. The molecule has 273 valence electrons. The summed E-state index contributed by atoms with van der Waals surface area (Å²) in [7, 11) is 6.06. The quantitative estimate of drug-likeness (QED) is 0.0506. The second-order valence-electron chi connectivity index (χ2n) is 15.3. The molecule has 2 aromatic carbocycles. The molecule has 2 saturated heterocycles. The van der Waals surface area contributed by atoms with Crippen molar-refractivity contribution in [1.29, 1.82) is 0 Å². The molecule has 2 aliphatic heterocycles. The molecule has 0 bridgehead atoms. The van der Waals surface area contributed by atoms with Crippen LogP contribution in [0, 0.1) is 11.8 Å². The van der Waals surface area contributed by atoms with E-state index in [9.17, 15) is 14.4 Å². The zero-order valence-corrected chi connectivity index (χ0v) is 30.1. The van der Waals surface area contributed by atoms with E-state index in [1.807, 2.05) is 36.4 Å². The van der Waals surface area contributed by atoms with Gasteiger partial charge in [-0.2, -0.15) is 0 Å². The van der Waals surface area contributed by atoms with E-state index in [0.717, 1.165) is 56.1 Å². The van der Waals surface area contributed by atoms with E-state index in [4.69, 9.17) is 35.9 Å². The first-order valence-electron chi connectivity index (χ1n) is 19.0. The van der Waals surface area contributed by atoms with Crippen LogP contribution in [0.5, 0.6) is 11.5 Å². The molecule has 2 aliphatic carbocycles. The van der Waals surface area contributed by atoms with Crippen molar-refractivity contribution in [2.75, 3.05) is 13.2 Å². The average Bonchev–Trinajstić information content (AvgIpc) is 4.06. The Bertz CT molecular complexity index is 1390. The first-order chi connectivity index (χ1) is 24.6. The molecule has 9 nitrogen and oxygen atoms in total. The monoisotopic (exact) mass is 699 g/mol. The van der Waals surface area contributed by atoms with Crippen LogP contribution < -0.4 is 9.47 Å². The fourth-order valence-electron chi connectivity index (χ4n) is 7.37. The standard InChI is InChI=1S/C41H52BO9/c1-41(2,29-13-17-31(18-14-29)48-39(44)9-4-3-7-37(42)46-25-27-11-21-33-35(23-27)50-33)30-15-19-32(20-16-30)49-40(45)10-6-5-8-38(43)47-26-28-12-22-34-36(24-28)51-34/h13-20,27-28,33-36H,3-12,21-26H2,1-2H3. The molecule has 4 fully saturated rings. The summed E-state index contributed by atoms with van der Waals surface area (Å²) in [5, 5.41) is 0. The number of ether oxygens (including phenoxy) is 6. The van der Waals surface area contributed by atoms with E-state index in [0.29, 0.717) is 105 Å². The Morgan fingerprint density at radius 3 is 1.51 bits per heavy atom. The summed E-state index contributed by atoms with van der Waals surface area (Å²) in [6.07, 6.45) is 12.2. The molecule has 1 radical (unpaired) electrons. The molecule has 0 N–H and O–H groups in total. The zero-order valence-electron chi connectivity index (χ0n) is 30.1. The topological polar surface area (TPSA) is 113 Å². The fraction of sp³-hybridized carbons (Fsp3) is 0.610. The van der Waals surface area contributed by atoms with Crippen LogP contribution in [0.1, 0.15) is 115 Å². The van der Waals surface area contributed by atoms with Gasteiger partial charge < -0.3 is 14.2 Å². The van der Waals surface area contributed by atoms with Crippen molar-refractivity contribution in [2.45, 2.75) is 134 Å². The number of hydrogen-bond donors (Lipinski definition) is 0. The van der Waals surface area contributed by atoms with E-state index in [1.54, 1.807) is 12.1 Å². The van der Waals surface area contributed by atoms with Crippen LogP contribution in [0.2, 0.25) is 0 Å². The summed E-state index contributed by atoms with van der Waals surface area (Å²) in [5.41, 5.74) is 2.30. The summed E-state index contributed by atoms with van der Waals surface area (Å²) in [5.74, 6) is 1.10. The Morgan fingerprint density at radius 2 is 1.04 bits per heavy atom. The summed E-state index contributed by atoms with van der Waals surface area (Å²) in [6, 6.07) is 15.1. The maximum atomic E-state index is 12.5. The summed E-state index contributed by atoms with van der Waals surface area (Å²) < 4.78 is 33.5. The van der Waals surface area contributed by atoms with Gasteiger partial charge in [0.15, 0.2) is 0 Å². The van der Waals surface area contributed by atoms with Gasteiger partial charge in [-0.25, -0.2) is 0 Å². The number of fused-ring (bicyclic) bond motifs is 2. The molecule has 6 atom stereocenters. The van der Waals surface area contributed by atoms with Gasteiger partial charge in [0, 0.05) is 12.8 Å². The maximum absolute atomic E-state index is 12.5. The van der Waals surface area contributed by atoms with E-state index >= 15 is 0 Å². The number of carbonyl (C=O) groups excluding carboxylic acids is 3. The molecule has 0 spiro atoms. The Hall–Kier alpha value is -3.50. The molecule has 2 aromatic rings. The van der Waals surface area contributed by atoms with Gasteiger partial charge in [0.25, 0.3) is 0 Å². The van der Waals surface area contributed by atoms with Gasteiger partial charge >= 0.3 is 161 Å². The summed E-state index contributed by atoms with van der Waals surface area (Å²) in [4.78, 5) is 37.0. The number of esters is 3. The number of carbonyl (C=O) groups is 3. The number of hydrogen-bond acceptors (Lipinski definition) is 9. The van der Waals surface area contributed by atoms with Crippen LogP contribution in [0.15, 0.2) is 48.5 Å². The normalized spacial score (nSPS) is 24.7. The third-order valence-electron chi connectivity index (χ3n) is 10.9. The zero-order chi connectivity index (χ0) is 35.8. The van der Waals surface area contributed by atoms with Gasteiger partial charge in [-0.1, -0.05) is 26.0 Å². The third-order valence-corrected chi connectivity index (χ3v) is 10.9. The van der Waals surface area contributed by atoms with E-state index in [1.165, 1.54) is 0 Å². The van der Waals surface area contributed by atoms with Gasteiger partial charge in [-0.3, -0.25) is 9.59 Å². The predicted octanol–water partition coefficient (Wildman–Crippen LogP) is 6.94. The van der Waals surface area contributed by atoms with Crippen molar-refractivity contribution in [3.8, 4) is 11.5 Å². The molecule has 6 rings (SSSR count). The molecule has 2 saturated carbocycles. The van der Waals surface area contributed by atoms with Gasteiger partial charge in [0.2, 0.25) is 0 Å². The van der Waals surface area contributed by atoms with Crippen molar-refractivity contribution in [2.24, 2.45) is 11.8 Å². The minimum absolute atomic E-state index is 0.207. The summed E-state index contributed by atoms with van der Waals surface area (Å²) >= 11 is 0. The van der Waals surface area contributed by atoms with Crippen LogP contribution in [-0.4, -0.2) is 68.7 Å². The Labute approximate surface area is 303 Å². The Kier molecular flexibility index (Phi) is 12.7. The van der Waals surface area contributed by atoms with E-state index < -0.39 is 0 Å². The van der Waals surface area contributed by atoms with E-state index in [-0.39, 0.29) is 29.7 Å². The Balaban J connectivity index is 0.834. The molecule has 0 aromatic heterocycles. The van der Waals surface area contributed by atoms with Gasteiger partial charge in [-0.15, -0.1) is 0 Å². The molecular formula is C41H52BO9. The van der Waals surface area contributed by atoms with Crippen LogP contribution in [0.4, 0.5) is 0 Å². The van der Waals surface area contributed by atoms with Crippen LogP contribution >= 0.6 is 0 Å². The van der Waals surface area contributed by atoms with Crippen molar-refractivity contribution >= 4 is 31.0 Å². The fourth-order valence-corrected chi connectivity index (χ4v) is 7.37. The molecule has 4 aliphatic rings. The first kappa shape index (κ1) is 37.3. The Morgan fingerprint density at radius 1 is 0.608 bits per heavy atom. The van der Waals surface area contributed by atoms with Crippen LogP contribution in [-0.2, 0) is 38.7 Å². The number of unbranched alkanes of at least 4 members (excludes halogenated alkanes) is 2. The van der Waals surface area contributed by atoms with Crippen LogP contribution in [0.3, 0.4) is 0 Å². The number of rotatable bonds is 19. The molecule has 6 unspecified atom stereocenters. The third kappa shape index (κ3) is 11.2. The molecule has 0 amide bonds. The molecule has 2 heterocycles. The van der Waals surface area contributed by atoms with Gasteiger partial charge in [0.1, 0.15) is 5.75 Å². The van der Waals surface area contributed by atoms with Crippen molar-refractivity contribution in [3.05, 3.63) is 59.7 Å². The van der Waals surface area contributed by atoms with Crippen molar-refractivity contribution in [3.63, 3.8) is 0 Å². The van der Waals surface area contributed by atoms with Crippen molar-refractivity contribution < 1.29 is 42.8 Å². The minimum atomic E-state index is -0.339. The summed E-state index contributed by atoms with van der Waals surface area (Å²) in [6.45, 7) is 5.34. The second-order valence-corrected chi connectivity index (χ2v) is 15.3. The molecule has 51 heavy (non-hydrogen) atoms. The van der Waals surface area contributed by atoms with Crippen molar-refractivity contribution in [1.82, 2.24) is 0 Å². The predicted molar refractivity (Wildman–Crippen MR) is 193 cm³/mol. The first-order valence-corrected chi connectivity index (χ1v) is 19.0. The van der Waals surface area contributed by atoms with E-state index in [2.05, 4.69) is 13.8 Å². The number of benzene rings is 2. The van der Waals surface area contributed by atoms with Gasteiger partial charge in [-0.05, 0) is 55.7 Å². The van der Waals surface area contributed by atoms with Crippen LogP contribution in [0.25, 0.3) is 0 Å². The molecular weight excluding hydrogens is 647 g/mol. The SMILES string of the molecule is [B]=C(CCCCC(=O)Oc1ccc(C(C)(C)c2ccc(OC(=O)CCCCC(=O)OCC3CCC4OC4C3)cc2)cc1)OCC1CCC2OC2C1. The number of epoxide rings is 2.